The van der Waals surface area contributed by atoms with E-state index in [4.69, 9.17) is 4.84 Å². The van der Waals surface area contributed by atoms with Crippen LogP contribution in [-0.4, -0.2) is 18.0 Å². The molecular formula is C11H14N2O2. The van der Waals surface area contributed by atoms with Gasteiger partial charge in [0.25, 0.3) is 0 Å². The van der Waals surface area contributed by atoms with Crippen molar-refractivity contribution in [3.8, 4) is 0 Å². The van der Waals surface area contributed by atoms with Crippen molar-refractivity contribution in [3.63, 3.8) is 0 Å². The van der Waals surface area contributed by atoms with Gasteiger partial charge in [-0.15, -0.1) is 0 Å². The Hall–Kier alpha value is -1.39. The van der Waals surface area contributed by atoms with Crippen LogP contribution in [0.5, 0.6) is 0 Å². The molecule has 0 radical (unpaired) electrons. The smallest absolute Gasteiger partial charge is 0.221 e. The van der Waals surface area contributed by atoms with Crippen LogP contribution in [0.3, 0.4) is 0 Å². The van der Waals surface area contributed by atoms with Gasteiger partial charge in [0.05, 0.1) is 6.61 Å². The molecular weight excluding hydrogens is 192 g/mol. The summed E-state index contributed by atoms with van der Waals surface area (Å²) in [5, 5.41) is 4.56. The summed E-state index contributed by atoms with van der Waals surface area (Å²) < 4.78 is 0. The number of rotatable bonds is 1. The van der Waals surface area contributed by atoms with E-state index >= 15 is 0 Å². The molecule has 0 aliphatic carbocycles. The third-order valence-corrected chi connectivity index (χ3v) is 2.36. The largest absolute Gasteiger partial charge is 0.326 e. The Morgan fingerprint density at radius 1 is 1.47 bits per heavy atom. The van der Waals surface area contributed by atoms with Gasteiger partial charge in [-0.1, -0.05) is 6.07 Å². The molecule has 1 N–H and O–H groups in total. The second-order valence-electron chi connectivity index (χ2n) is 3.72. The van der Waals surface area contributed by atoms with Crippen molar-refractivity contribution < 1.29 is 9.63 Å². The predicted octanol–water partition coefficient (Wildman–Crippen LogP) is 1.52. The molecule has 1 aliphatic heterocycles. The average Bonchev–Trinajstić information content (AvgIpc) is 2.16. The number of nitrogens with one attached hydrogen (secondary N) is 1. The van der Waals surface area contributed by atoms with Crippen molar-refractivity contribution in [2.45, 2.75) is 20.1 Å². The summed E-state index contributed by atoms with van der Waals surface area (Å²) in [4.78, 5) is 16.3. The monoisotopic (exact) mass is 206 g/mol. The fourth-order valence-electron chi connectivity index (χ4n) is 1.66. The molecule has 15 heavy (non-hydrogen) atoms. The van der Waals surface area contributed by atoms with E-state index in [9.17, 15) is 4.79 Å². The van der Waals surface area contributed by atoms with E-state index in [1.165, 1.54) is 18.1 Å². The van der Waals surface area contributed by atoms with Gasteiger partial charge in [-0.25, -0.2) is 0 Å². The molecule has 0 aromatic heterocycles. The Labute approximate surface area is 88.8 Å². The zero-order valence-corrected chi connectivity index (χ0v) is 8.91. The third-order valence-electron chi connectivity index (χ3n) is 2.36. The molecule has 0 spiro atoms. The van der Waals surface area contributed by atoms with E-state index in [1.54, 1.807) is 5.06 Å². The Balaban J connectivity index is 2.24. The van der Waals surface area contributed by atoms with Crippen LogP contribution in [0.2, 0.25) is 0 Å². The lowest BCUT2D eigenvalue weighted by molar-refractivity contribution is -0.168. The first-order valence-corrected chi connectivity index (χ1v) is 4.88. The number of anilines is 1. The molecule has 1 amide bonds. The SMILES string of the molecule is CC(=O)Nc1ccc2c(c1)CN(C)OC2. The highest BCUT2D eigenvalue weighted by molar-refractivity contribution is 5.88. The van der Waals surface area contributed by atoms with Gasteiger partial charge in [-0.2, -0.15) is 5.06 Å². The van der Waals surface area contributed by atoms with E-state index in [0.29, 0.717) is 6.61 Å². The standard InChI is InChI=1S/C11H14N2O2/c1-8(14)12-11-4-3-9-7-15-13(2)6-10(9)5-11/h3-5H,6-7H2,1-2H3,(H,12,14). The minimum absolute atomic E-state index is 0.0460. The van der Waals surface area contributed by atoms with Crippen molar-refractivity contribution >= 4 is 11.6 Å². The van der Waals surface area contributed by atoms with Crippen LogP contribution in [0.15, 0.2) is 18.2 Å². The van der Waals surface area contributed by atoms with Crippen LogP contribution in [0.1, 0.15) is 18.1 Å². The highest BCUT2D eigenvalue weighted by Crippen LogP contribution is 2.22. The van der Waals surface area contributed by atoms with Gasteiger partial charge in [-0.3, -0.25) is 9.63 Å². The maximum Gasteiger partial charge on any atom is 0.221 e. The zero-order valence-electron chi connectivity index (χ0n) is 8.91. The van der Waals surface area contributed by atoms with Crippen molar-refractivity contribution in [2.24, 2.45) is 0 Å². The lowest BCUT2D eigenvalue weighted by atomic mass is 10.1. The van der Waals surface area contributed by atoms with Crippen molar-refractivity contribution in [1.82, 2.24) is 5.06 Å². The van der Waals surface area contributed by atoms with E-state index in [1.807, 2.05) is 25.2 Å². The Bertz CT molecular complexity index is 390. The number of carbonyl (C=O) groups is 1. The van der Waals surface area contributed by atoms with Crippen LogP contribution < -0.4 is 5.32 Å². The summed E-state index contributed by atoms with van der Waals surface area (Å²) in [5.41, 5.74) is 3.23. The third kappa shape index (κ3) is 2.34. The summed E-state index contributed by atoms with van der Waals surface area (Å²) in [6.07, 6.45) is 0. The molecule has 4 heteroatoms. The van der Waals surface area contributed by atoms with Gasteiger partial charge in [0.2, 0.25) is 5.91 Å². The Morgan fingerprint density at radius 3 is 3.00 bits per heavy atom. The van der Waals surface area contributed by atoms with E-state index in [0.717, 1.165) is 12.2 Å². The van der Waals surface area contributed by atoms with Crippen molar-refractivity contribution in [3.05, 3.63) is 29.3 Å². The highest BCUT2D eigenvalue weighted by Gasteiger charge is 2.13. The number of carbonyl (C=O) groups excluding carboxylic acids is 1. The molecule has 1 aromatic carbocycles. The van der Waals surface area contributed by atoms with Gasteiger partial charge in [-0.05, 0) is 23.3 Å². The van der Waals surface area contributed by atoms with Crippen LogP contribution in [0, 0.1) is 0 Å². The second kappa shape index (κ2) is 4.00. The number of nitrogens with zero attached hydrogens (tertiary/aromatic N) is 1. The topological polar surface area (TPSA) is 41.6 Å². The first kappa shape index (κ1) is 10.1. The second-order valence-corrected chi connectivity index (χ2v) is 3.72. The molecule has 0 saturated carbocycles. The van der Waals surface area contributed by atoms with Gasteiger partial charge < -0.3 is 5.32 Å². The van der Waals surface area contributed by atoms with Gasteiger partial charge >= 0.3 is 0 Å². The molecule has 0 fully saturated rings. The minimum atomic E-state index is -0.0460. The number of hydrogen-bond acceptors (Lipinski definition) is 3. The molecule has 2 rings (SSSR count). The lowest BCUT2D eigenvalue weighted by Crippen LogP contribution is -2.24. The number of benzene rings is 1. The fourth-order valence-corrected chi connectivity index (χ4v) is 1.66. The molecule has 0 atom stereocenters. The quantitative estimate of drug-likeness (QED) is 0.757. The molecule has 0 saturated heterocycles. The molecule has 1 aliphatic rings. The van der Waals surface area contributed by atoms with Crippen LogP contribution in [0.4, 0.5) is 5.69 Å². The number of hydroxylamine groups is 2. The normalized spacial score (nSPS) is 15.9. The first-order chi connectivity index (χ1) is 7.15. The van der Waals surface area contributed by atoms with Gasteiger partial charge in [0.1, 0.15) is 0 Å². The highest BCUT2D eigenvalue weighted by atomic mass is 16.7. The number of amides is 1. The zero-order chi connectivity index (χ0) is 10.8. The number of hydrogen-bond donors (Lipinski definition) is 1. The summed E-state index contributed by atoms with van der Waals surface area (Å²) in [6, 6.07) is 5.89. The van der Waals surface area contributed by atoms with Crippen molar-refractivity contribution in [2.75, 3.05) is 12.4 Å². The van der Waals surface area contributed by atoms with Crippen LogP contribution >= 0.6 is 0 Å². The first-order valence-electron chi connectivity index (χ1n) is 4.88. The van der Waals surface area contributed by atoms with Crippen LogP contribution in [-0.2, 0) is 22.8 Å². The Kier molecular flexibility index (Phi) is 2.70. The average molecular weight is 206 g/mol. The van der Waals surface area contributed by atoms with E-state index < -0.39 is 0 Å². The summed E-state index contributed by atoms with van der Waals surface area (Å²) in [5.74, 6) is -0.0460. The summed E-state index contributed by atoms with van der Waals surface area (Å²) in [6.45, 7) is 2.86. The lowest BCUT2D eigenvalue weighted by Gasteiger charge is -2.25. The van der Waals surface area contributed by atoms with E-state index in [-0.39, 0.29) is 5.91 Å². The maximum atomic E-state index is 10.9. The maximum absolute atomic E-state index is 10.9. The molecule has 80 valence electrons. The molecule has 0 bridgehead atoms. The van der Waals surface area contributed by atoms with Gasteiger partial charge in [0.15, 0.2) is 0 Å². The molecule has 4 nitrogen and oxygen atoms in total. The summed E-state index contributed by atoms with van der Waals surface area (Å²) >= 11 is 0. The summed E-state index contributed by atoms with van der Waals surface area (Å²) in [7, 11) is 1.90. The van der Waals surface area contributed by atoms with Crippen molar-refractivity contribution in [1.29, 1.82) is 0 Å². The Morgan fingerprint density at radius 2 is 2.27 bits per heavy atom. The predicted molar refractivity (Wildman–Crippen MR) is 57.0 cm³/mol. The van der Waals surface area contributed by atoms with Gasteiger partial charge in [0, 0.05) is 26.2 Å². The minimum Gasteiger partial charge on any atom is -0.326 e. The number of fused-ring (bicyclic) bond motifs is 1. The molecule has 1 heterocycles. The molecule has 0 unspecified atom stereocenters. The van der Waals surface area contributed by atoms with E-state index in [2.05, 4.69) is 5.32 Å². The van der Waals surface area contributed by atoms with Crippen LogP contribution in [0.25, 0.3) is 0 Å². The molecule has 1 aromatic rings. The fraction of sp³-hybridized carbons (Fsp3) is 0.364.